The summed E-state index contributed by atoms with van der Waals surface area (Å²) in [5.74, 6) is 1.46. The Balaban J connectivity index is 1.77. The highest BCUT2D eigenvalue weighted by atomic mass is 16.5. The number of methoxy groups -OCH3 is 2. The molecule has 0 radical (unpaired) electrons. The number of ether oxygens (including phenoxy) is 3. The largest absolute Gasteiger partial charge is 0.497 e. The van der Waals surface area contributed by atoms with Crippen LogP contribution in [-0.4, -0.2) is 26.6 Å². The van der Waals surface area contributed by atoms with Crippen molar-refractivity contribution in [2.24, 2.45) is 0 Å². The number of carbonyl (C=O) groups excluding carboxylic acids is 1. The van der Waals surface area contributed by atoms with Gasteiger partial charge in [-0.1, -0.05) is 6.07 Å². The predicted molar refractivity (Wildman–Crippen MR) is 88.3 cm³/mol. The van der Waals surface area contributed by atoms with E-state index in [2.05, 4.69) is 0 Å². The first kappa shape index (κ1) is 14.6. The first-order valence-electron chi connectivity index (χ1n) is 7.61. The molecule has 5 heteroatoms. The van der Waals surface area contributed by atoms with Gasteiger partial charge in [-0.15, -0.1) is 0 Å². The Morgan fingerprint density at radius 1 is 1.08 bits per heavy atom. The number of carbonyl (C=O) groups is 1. The molecule has 1 aromatic heterocycles. The summed E-state index contributed by atoms with van der Waals surface area (Å²) in [6.07, 6.45) is 1.60. The Kier molecular flexibility index (Phi) is 3.41. The van der Waals surface area contributed by atoms with Crippen LogP contribution in [0, 0.1) is 0 Å². The minimum atomic E-state index is -0.414. The zero-order chi connectivity index (χ0) is 16.7. The number of rotatable bonds is 3. The van der Waals surface area contributed by atoms with Crippen molar-refractivity contribution in [1.29, 1.82) is 0 Å². The topological polar surface area (TPSA) is 57.9 Å². The highest BCUT2D eigenvalue weighted by Gasteiger charge is 2.32. The molecule has 1 unspecified atom stereocenters. The van der Waals surface area contributed by atoms with Crippen molar-refractivity contribution >= 4 is 16.8 Å². The van der Waals surface area contributed by atoms with E-state index in [0.29, 0.717) is 28.4 Å². The lowest BCUT2D eigenvalue weighted by atomic mass is 9.88. The highest BCUT2D eigenvalue weighted by Crippen LogP contribution is 2.39. The summed E-state index contributed by atoms with van der Waals surface area (Å²) in [4.78, 5) is 13.0. The van der Waals surface area contributed by atoms with Crippen molar-refractivity contribution in [3.8, 4) is 17.2 Å². The second-order valence-electron chi connectivity index (χ2n) is 5.64. The number of hydrogen-bond acceptors (Lipinski definition) is 5. The number of Topliss-reactive ketones (excluding diaryl/α,β-unsaturated/α-hetero) is 1. The SMILES string of the molecule is COc1ccc(C2COc3cc4occc4cc3C2=O)c(OC)c1. The smallest absolute Gasteiger partial charge is 0.177 e. The van der Waals surface area contributed by atoms with Crippen molar-refractivity contribution < 1.29 is 23.4 Å². The van der Waals surface area contributed by atoms with E-state index >= 15 is 0 Å². The Labute approximate surface area is 138 Å². The lowest BCUT2D eigenvalue weighted by molar-refractivity contribution is 0.0894. The molecule has 0 aliphatic carbocycles. The van der Waals surface area contributed by atoms with Crippen molar-refractivity contribution in [1.82, 2.24) is 0 Å². The fraction of sp³-hybridized carbons (Fsp3) is 0.211. The molecule has 2 heterocycles. The van der Waals surface area contributed by atoms with Crippen molar-refractivity contribution in [2.45, 2.75) is 5.92 Å². The van der Waals surface area contributed by atoms with Gasteiger partial charge in [0.1, 0.15) is 29.4 Å². The van der Waals surface area contributed by atoms with Crippen molar-refractivity contribution in [3.05, 3.63) is 53.8 Å². The maximum Gasteiger partial charge on any atom is 0.177 e. The first-order chi connectivity index (χ1) is 11.7. The molecule has 0 saturated heterocycles. The molecule has 2 aromatic carbocycles. The number of ketones is 1. The molecule has 5 nitrogen and oxygen atoms in total. The van der Waals surface area contributed by atoms with Crippen LogP contribution in [0.1, 0.15) is 21.8 Å². The second-order valence-corrected chi connectivity index (χ2v) is 5.64. The molecule has 1 aliphatic heterocycles. The molecule has 0 spiro atoms. The summed E-state index contributed by atoms with van der Waals surface area (Å²) >= 11 is 0. The summed E-state index contributed by atoms with van der Waals surface area (Å²) in [7, 11) is 3.17. The van der Waals surface area contributed by atoms with Gasteiger partial charge in [-0.25, -0.2) is 0 Å². The van der Waals surface area contributed by atoms with E-state index in [9.17, 15) is 4.79 Å². The van der Waals surface area contributed by atoms with E-state index in [1.165, 1.54) is 0 Å². The minimum absolute atomic E-state index is 0.0165. The van der Waals surface area contributed by atoms with Gasteiger partial charge in [0.2, 0.25) is 0 Å². The van der Waals surface area contributed by atoms with Crippen LogP contribution in [0.4, 0.5) is 0 Å². The first-order valence-corrected chi connectivity index (χ1v) is 7.61. The number of benzene rings is 2. The van der Waals surface area contributed by atoms with Crippen molar-refractivity contribution in [3.63, 3.8) is 0 Å². The quantitative estimate of drug-likeness (QED) is 0.733. The van der Waals surface area contributed by atoms with Gasteiger partial charge in [0.25, 0.3) is 0 Å². The van der Waals surface area contributed by atoms with Crippen LogP contribution >= 0.6 is 0 Å². The molecule has 0 fully saturated rings. The second kappa shape index (κ2) is 5.60. The lowest BCUT2D eigenvalue weighted by Gasteiger charge is -2.25. The molecule has 0 amide bonds. The van der Waals surface area contributed by atoms with E-state index in [0.717, 1.165) is 10.9 Å². The predicted octanol–water partition coefficient (Wildman–Crippen LogP) is 3.81. The van der Waals surface area contributed by atoms with Gasteiger partial charge in [0, 0.05) is 23.1 Å². The summed E-state index contributed by atoms with van der Waals surface area (Å²) in [5.41, 5.74) is 2.07. The Morgan fingerprint density at radius 2 is 1.96 bits per heavy atom. The summed E-state index contributed by atoms with van der Waals surface area (Å²) in [5, 5.41) is 0.882. The zero-order valence-electron chi connectivity index (χ0n) is 13.4. The van der Waals surface area contributed by atoms with Gasteiger partial charge >= 0.3 is 0 Å². The number of furan rings is 1. The summed E-state index contributed by atoms with van der Waals surface area (Å²) in [6.45, 7) is 0.265. The molecule has 0 bridgehead atoms. The molecule has 4 rings (SSSR count). The standard InChI is InChI=1S/C19H16O5/c1-21-12-3-4-13(17(8-12)22-2)15-10-24-18-9-16-11(5-6-23-16)7-14(18)19(15)20/h3-9,15H,10H2,1-2H3. The van der Waals surface area contributed by atoms with Gasteiger partial charge in [-0.2, -0.15) is 0 Å². The van der Waals surface area contributed by atoms with Crippen LogP contribution in [0.25, 0.3) is 11.0 Å². The van der Waals surface area contributed by atoms with Gasteiger partial charge in [0.15, 0.2) is 5.78 Å². The molecule has 1 aliphatic rings. The van der Waals surface area contributed by atoms with E-state index in [1.807, 2.05) is 24.3 Å². The van der Waals surface area contributed by atoms with Crippen LogP contribution in [0.3, 0.4) is 0 Å². The third-order valence-electron chi connectivity index (χ3n) is 4.36. The lowest BCUT2D eigenvalue weighted by Crippen LogP contribution is -2.26. The van der Waals surface area contributed by atoms with Crippen LogP contribution in [0.2, 0.25) is 0 Å². The Morgan fingerprint density at radius 3 is 2.75 bits per heavy atom. The zero-order valence-corrected chi connectivity index (χ0v) is 13.4. The van der Waals surface area contributed by atoms with E-state index < -0.39 is 5.92 Å². The molecule has 1 atom stereocenters. The van der Waals surface area contributed by atoms with Crippen LogP contribution in [0.5, 0.6) is 17.2 Å². The van der Waals surface area contributed by atoms with Crippen LogP contribution < -0.4 is 14.2 Å². The van der Waals surface area contributed by atoms with E-state index in [-0.39, 0.29) is 12.4 Å². The maximum atomic E-state index is 13.0. The van der Waals surface area contributed by atoms with E-state index in [4.69, 9.17) is 18.6 Å². The summed E-state index contributed by atoms with van der Waals surface area (Å²) in [6, 6.07) is 10.9. The van der Waals surface area contributed by atoms with Gasteiger partial charge < -0.3 is 18.6 Å². The number of hydrogen-bond donors (Lipinski definition) is 0. The third-order valence-corrected chi connectivity index (χ3v) is 4.36. The van der Waals surface area contributed by atoms with Crippen molar-refractivity contribution in [2.75, 3.05) is 20.8 Å². The van der Waals surface area contributed by atoms with E-state index in [1.54, 1.807) is 32.6 Å². The molecule has 0 N–H and O–H groups in total. The molecule has 0 saturated carbocycles. The summed E-state index contributed by atoms with van der Waals surface area (Å²) < 4.78 is 21.8. The van der Waals surface area contributed by atoms with Gasteiger partial charge in [-0.3, -0.25) is 4.79 Å². The normalized spacial score (nSPS) is 16.6. The third kappa shape index (κ3) is 2.21. The van der Waals surface area contributed by atoms with Crippen LogP contribution in [-0.2, 0) is 0 Å². The van der Waals surface area contributed by atoms with Crippen LogP contribution in [0.15, 0.2) is 47.1 Å². The Hall–Kier alpha value is -2.95. The monoisotopic (exact) mass is 324 g/mol. The fourth-order valence-electron chi connectivity index (χ4n) is 3.08. The molecule has 24 heavy (non-hydrogen) atoms. The average Bonchev–Trinajstić information content (AvgIpc) is 3.07. The van der Waals surface area contributed by atoms with Gasteiger partial charge in [-0.05, 0) is 18.2 Å². The highest BCUT2D eigenvalue weighted by molar-refractivity contribution is 6.07. The minimum Gasteiger partial charge on any atom is -0.497 e. The maximum absolute atomic E-state index is 13.0. The fourth-order valence-corrected chi connectivity index (χ4v) is 3.08. The molecular formula is C19H16O5. The molecular weight excluding hydrogens is 308 g/mol. The van der Waals surface area contributed by atoms with Gasteiger partial charge in [0.05, 0.1) is 32.0 Å². The molecule has 122 valence electrons. The number of fused-ring (bicyclic) bond motifs is 2. The molecule has 3 aromatic rings. The average molecular weight is 324 g/mol. The Bertz CT molecular complexity index is 925.